The number of aliphatic imine (C=N–C) groups is 1. The molecule has 0 unspecified atom stereocenters. The molecule has 34 heteroatoms. The van der Waals surface area contributed by atoms with Crippen molar-refractivity contribution < 1.29 is 82.4 Å². The molecule has 2 heterocycles. The number of aromatic amines is 1. The number of likely N-dealkylation sites (tertiary alicyclic amines) is 1. The molecule has 0 saturated carbocycles. The van der Waals surface area contributed by atoms with Gasteiger partial charge in [-0.1, -0.05) is 52.3 Å². The fourth-order valence-electron chi connectivity index (χ4n) is 9.68. The number of nitrogens with two attached hydrogens (primary N) is 6. The van der Waals surface area contributed by atoms with E-state index in [1.165, 1.54) is 0 Å². The number of nitrogens with zero attached hydrogens (tertiary/aromatic N) is 2. The Kier molecular flexibility index (Phi) is 30.5. The molecule has 0 aliphatic carbocycles. The lowest BCUT2D eigenvalue weighted by Crippen LogP contribution is -2.61. The van der Waals surface area contributed by atoms with Crippen LogP contribution in [0.4, 0.5) is 0 Å². The number of H-pyrrole nitrogens is 1. The Bertz CT molecular complexity index is 2930. The van der Waals surface area contributed by atoms with Crippen LogP contribution in [0.2, 0.25) is 0 Å². The van der Waals surface area contributed by atoms with Crippen molar-refractivity contribution in [1.29, 1.82) is 0 Å². The molecule has 2 aromatic rings. The van der Waals surface area contributed by atoms with Gasteiger partial charge in [0.1, 0.15) is 60.4 Å². The molecule has 34 nitrogen and oxygen atoms in total. The maximum atomic E-state index is 14.6. The number of hydrogen-bond acceptors (Lipinski definition) is 17. The van der Waals surface area contributed by atoms with Crippen LogP contribution in [0.25, 0.3) is 10.9 Å². The Balaban J connectivity index is 1.99. The summed E-state index contributed by atoms with van der Waals surface area (Å²) in [6.45, 7) is 5.71. The molecule has 498 valence electrons. The van der Waals surface area contributed by atoms with Crippen molar-refractivity contribution in [2.75, 3.05) is 19.7 Å². The highest BCUT2D eigenvalue weighted by molar-refractivity contribution is 6.00. The fourth-order valence-corrected chi connectivity index (χ4v) is 9.68. The highest BCUT2D eigenvalue weighted by Gasteiger charge is 2.41. The summed E-state index contributed by atoms with van der Waals surface area (Å²) in [5, 5.41) is 49.3. The van der Waals surface area contributed by atoms with E-state index in [4.69, 9.17) is 34.4 Å². The first kappa shape index (κ1) is 74.8. The summed E-state index contributed by atoms with van der Waals surface area (Å²) in [7, 11) is 0. The summed E-state index contributed by atoms with van der Waals surface area (Å²) < 4.78 is 0. The maximum absolute atomic E-state index is 14.6. The van der Waals surface area contributed by atoms with E-state index in [0.717, 1.165) is 4.90 Å². The van der Waals surface area contributed by atoms with Crippen molar-refractivity contribution in [2.24, 2.45) is 51.2 Å². The van der Waals surface area contributed by atoms with Gasteiger partial charge in [-0.15, -0.1) is 0 Å². The minimum Gasteiger partial charge on any atom is -0.481 e. The number of carboxylic acids is 2. The number of carbonyl (C=O) groups is 14. The summed E-state index contributed by atoms with van der Waals surface area (Å²) in [6, 6.07) is -8.53. The number of carboxylic acid groups (broad SMARTS) is 2. The van der Waals surface area contributed by atoms with Gasteiger partial charge in [0.05, 0.1) is 13.0 Å². The highest BCUT2D eigenvalue weighted by Crippen LogP contribution is 2.23. The van der Waals surface area contributed by atoms with Crippen molar-refractivity contribution in [1.82, 2.24) is 52.4 Å². The highest BCUT2D eigenvalue weighted by atomic mass is 16.4. The van der Waals surface area contributed by atoms with Crippen LogP contribution in [0.3, 0.4) is 0 Å². The van der Waals surface area contributed by atoms with Crippen LogP contribution in [0, 0.1) is 11.8 Å². The van der Waals surface area contributed by atoms with E-state index in [1.807, 2.05) is 0 Å². The minimum atomic E-state index is -1.86. The molecular weight excluding hydrogens is 1180 g/mol. The first-order chi connectivity index (χ1) is 42.4. The van der Waals surface area contributed by atoms with Crippen molar-refractivity contribution in [3.05, 3.63) is 36.0 Å². The molecule has 1 aliphatic heterocycles. The Hall–Kier alpha value is -9.47. The van der Waals surface area contributed by atoms with Gasteiger partial charge in [0.25, 0.3) is 0 Å². The Morgan fingerprint density at radius 1 is 0.633 bits per heavy atom. The summed E-state index contributed by atoms with van der Waals surface area (Å²) in [5.74, 6) is -16.0. The van der Waals surface area contributed by atoms with Crippen molar-refractivity contribution in [3.63, 3.8) is 0 Å². The number of carbonyl (C=O) groups excluding carboxylic acids is 12. The zero-order valence-electron chi connectivity index (χ0n) is 50.8. The normalized spacial score (nSPS) is 16.2. The second kappa shape index (κ2) is 36.7. The fraction of sp³-hybridized carbons (Fsp3) is 0.589. The van der Waals surface area contributed by atoms with Gasteiger partial charge in [-0.2, -0.15) is 0 Å². The van der Waals surface area contributed by atoms with Gasteiger partial charge < -0.3 is 102 Å². The maximum Gasteiger partial charge on any atom is 0.326 e. The van der Waals surface area contributed by atoms with E-state index in [0.29, 0.717) is 16.5 Å². The molecule has 24 N–H and O–H groups in total. The zero-order chi connectivity index (χ0) is 67.5. The van der Waals surface area contributed by atoms with Crippen molar-refractivity contribution in [3.8, 4) is 0 Å². The summed E-state index contributed by atoms with van der Waals surface area (Å²) in [4.78, 5) is 195. The number of primary amides is 3. The van der Waals surface area contributed by atoms with Crippen LogP contribution in [-0.4, -0.2) is 194 Å². The Morgan fingerprint density at radius 3 is 1.74 bits per heavy atom. The van der Waals surface area contributed by atoms with Gasteiger partial charge in [-0.05, 0) is 74.8 Å². The number of guanidine groups is 1. The monoisotopic (exact) mass is 1270 g/mol. The molecule has 0 spiro atoms. The molecule has 1 aromatic heterocycles. The number of nitrogens with one attached hydrogen (secondary N) is 9. The number of amides is 12. The molecule has 1 aromatic carbocycles. The molecule has 12 amide bonds. The molecule has 11 atom stereocenters. The number of para-hydroxylation sites is 1. The van der Waals surface area contributed by atoms with Crippen LogP contribution in [-0.2, 0) is 73.5 Å². The summed E-state index contributed by atoms with van der Waals surface area (Å²) in [6.07, 6.45) is -2.12. The topological polar surface area (TPSA) is 583 Å². The second-order valence-electron chi connectivity index (χ2n) is 22.4. The van der Waals surface area contributed by atoms with Gasteiger partial charge in [-0.25, -0.2) is 4.79 Å². The van der Waals surface area contributed by atoms with Crippen LogP contribution in [0.5, 0.6) is 0 Å². The van der Waals surface area contributed by atoms with Gasteiger partial charge in [0.2, 0.25) is 70.9 Å². The standard InChI is InChI=1S/C56H87N17O17/c1-5-28(4)45(53(87)68-36(55(89)90)15-18-42(59)76)72-48(82)33(12-8-20-63-56(61)62)65-47(81)34(16-19-44(78)79)66-49(83)37(22-27(2)3)69-51(85)39(24-43(60)77)70-50(84)38(23-29-25-64-32-11-7-6-10-30(29)32)71-52(86)40-13-9-21-73(40)54(88)35(14-17-41(58)75)67-46(80)31(57)26-74/h6-7,10-11,25,27-28,31,33-40,45,64,74H,5,8-9,12-24,26,57H2,1-4H3,(H2,58,75)(H2,59,76)(H2,60,77)(H,65,81)(H,66,83)(H,67,80)(H,68,87)(H,69,85)(H,70,84)(H,71,86)(H,72,82)(H,78,79)(H,89,90)(H4,61,62,63)/t28-,31-,33-,34-,35-,36-,37-,38-,39-,40-,45-/m0/s1. The van der Waals surface area contributed by atoms with Gasteiger partial charge in [0.15, 0.2) is 5.96 Å². The number of aliphatic hydroxyl groups is 1. The molecule has 1 aliphatic rings. The Morgan fingerprint density at radius 2 is 1.17 bits per heavy atom. The predicted octanol–water partition coefficient (Wildman–Crippen LogP) is -5.60. The van der Waals surface area contributed by atoms with E-state index >= 15 is 0 Å². The quantitative estimate of drug-likeness (QED) is 0.0168. The third-order valence-electron chi connectivity index (χ3n) is 14.7. The average Bonchev–Trinajstić information content (AvgIpc) is 1.71. The lowest BCUT2D eigenvalue weighted by molar-refractivity contribution is -0.143. The minimum absolute atomic E-state index is 0.00950. The summed E-state index contributed by atoms with van der Waals surface area (Å²) in [5.41, 5.74) is 33.9. The van der Waals surface area contributed by atoms with Crippen molar-refractivity contribution >= 4 is 99.7 Å². The van der Waals surface area contributed by atoms with E-state index in [-0.39, 0.29) is 83.3 Å². The van der Waals surface area contributed by atoms with E-state index in [1.54, 1.807) is 58.2 Å². The SMILES string of the molecule is CC[C@H](C)[C@H](NC(=O)[C@H](CCCN=C(N)N)NC(=O)[C@H](CCC(=O)O)NC(=O)[C@H](CC(C)C)NC(=O)[C@H](CC(N)=O)NC(=O)[C@H](Cc1c[nH]c2ccccc12)NC(=O)[C@@H]1CCCN1C(=O)[C@H](CCC(N)=O)NC(=O)[C@@H](N)CO)C(=O)N[C@@H](CCC(N)=O)C(=O)O. The molecule has 0 bridgehead atoms. The first-order valence-corrected chi connectivity index (χ1v) is 29.4. The smallest absolute Gasteiger partial charge is 0.326 e. The first-order valence-electron chi connectivity index (χ1n) is 29.4. The van der Waals surface area contributed by atoms with Gasteiger partial charge in [0, 0.05) is 55.9 Å². The van der Waals surface area contributed by atoms with E-state index in [2.05, 4.69) is 52.5 Å². The number of hydrogen-bond donors (Lipinski definition) is 18. The molecule has 90 heavy (non-hydrogen) atoms. The number of benzene rings is 1. The Labute approximate surface area is 518 Å². The molecular formula is C56H87N17O17. The average molecular weight is 1270 g/mol. The number of aromatic nitrogens is 1. The number of fused-ring (bicyclic) bond motifs is 1. The third-order valence-corrected chi connectivity index (χ3v) is 14.7. The lowest BCUT2D eigenvalue weighted by Gasteiger charge is -2.30. The molecule has 3 rings (SSSR count). The van der Waals surface area contributed by atoms with Gasteiger partial charge >= 0.3 is 11.9 Å². The predicted molar refractivity (Wildman–Crippen MR) is 321 cm³/mol. The van der Waals surface area contributed by atoms with E-state index < -0.39 is 187 Å². The van der Waals surface area contributed by atoms with Crippen LogP contribution < -0.4 is 76.9 Å². The van der Waals surface area contributed by atoms with Crippen LogP contribution in [0.1, 0.15) is 117 Å². The largest absolute Gasteiger partial charge is 0.481 e. The zero-order valence-corrected chi connectivity index (χ0v) is 50.8. The van der Waals surface area contributed by atoms with Crippen molar-refractivity contribution in [2.45, 2.75) is 178 Å². The van der Waals surface area contributed by atoms with E-state index in [9.17, 15) is 82.4 Å². The van der Waals surface area contributed by atoms with Gasteiger partial charge in [-0.3, -0.25) is 67.3 Å². The second-order valence-corrected chi connectivity index (χ2v) is 22.4. The molecule has 1 saturated heterocycles. The number of rotatable bonds is 40. The number of aliphatic carboxylic acids is 2. The third kappa shape index (κ3) is 24.6. The molecule has 1 fully saturated rings. The van der Waals surface area contributed by atoms with Crippen LogP contribution in [0.15, 0.2) is 35.5 Å². The summed E-state index contributed by atoms with van der Waals surface area (Å²) >= 11 is 0. The van der Waals surface area contributed by atoms with Crippen LogP contribution >= 0.6 is 0 Å². The number of aliphatic hydroxyl groups excluding tert-OH is 1. The lowest BCUT2D eigenvalue weighted by atomic mass is 9.96. The molecule has 0 radical (unpaired) electrons.